The number of carbonyl (C=O) groups is 1. The Kier molecular flexibility index (Phi) is 6.49. The number of allylic oxidation sites excluding steroid dienone is 1. The number of ether oxygens (including phenoxy) is 2. The molecular weight excluding hydrogens is 362 g/mol. The summed E-state index contributed by atoms with van der Waals surface area (Å²) in [7, 11) is 1.51. The average Bonchev–Trinajstić information content (AvgIpc) is 2.72. The molecule has 1 aromatic heterocycles. The maximum atomic E-state index is 13.1. The van der Waals surface area contributed by atoms with Crippen LogP contribution in [-0.2, 0) is 14.3 Å². The first kappa shape index (κ1) is 20.1. The zero-order chi connectivity index (χ0) is 20.1. The fraction of sp³-hybridized carbons (Fsp3) is 0.429. The molecule has 0 fully saturated rings. The van der Waals surface area contributed by atoms with E-state index in [2.05, 4.69) is 5.32 Å². The number of hydrogen-bond acceptors (Lipinski definition) is 6. The van der Waals surface area contributed by atoms with Crippen LogP contribution in [0.25, 0.3) is 11.0 Å². The summed E-state index contributed by atoms with van der Waals surface area (Å²) in [5.74, 6) is -0.964. The molecule has 1 aliphatic rings. The molecule has 150 valence electrons. The summed E-state index contributed by atoms with van der Waals surface area (Å²) >= 11 is 0. The number of carbonyl (C=O) groups excluding carboxylic acids is 1. The van der Waals surface area contributed by atoms with Crippen LogP contribution in [-0.4, -0.2) is 37.6 Å². The Hall–Kier alpha value is -2.64. The molecule has 0 radical (unpaired) electrons. The highest BCUT2D eigenvalue weighted by Gasteiger charge is 2.39. The zero-order valence-corrected chi connectivity index (χ0v) is 16.0. The van der Waals surface area contributed by atoms with Crippen LogP contribution in [0.1, 0.15) is 31.2 Å². The number of amides is 1. The number of rotatable bonds is 7. The van der Waals surface area contributed by atoms with E-state index < -0.39 is 12.2 Å². The highest BCUT2D eigenvalue weighted by molar-refractivity contribution is 5.91. The molecule has 2 aromatic rings. The van der Waals surface area contributed by atoms with Crippen molar-refractivity contribution < 1.29 is 23.8 Å². The second-order valence-electron chi connectivity index (χ2n) is 6.62. The smallest absolute Gasteiger partial charge is 0.285 e. The predicted molar refractivity (Wildman–Crippen MR) is 104 cm³/mol. The van der Waals surface area contributed by atoms with E-state index in [9.17, 15) is 14.7 Å². The van der Waals surface area contributed by atoms with Crippen LogP contribution >= 0.6 is 0 Å². The third-order valence-electron chi connectivity index (χ3n) is 4.93. The minimum absolute atomic E-state index is 0.0143. The maximum Gasteiger partial charge on any atom is 0.285 e. The van der Waals surface area contributed by atoms with Crippen molar-refractivity contribution in [1.29, 1.82) is 0 Å². The van der Waals surface area contributed by atoms with Gasteiger partial charge in [0, 0.05) is 37.7 Å². The second kappa shape index (κ2) is 9.03. The minimum Gasteiger partial charge on any atom is -0.464 e. The number of aliphatic hydroxyl groups excluding tert-OH is 1. The highest BCUT2D eigenvalue weighted by atomic mass is 16.7. The summed E-state index contributed by atoms with van der Waals surface area (Å²) in [6.45, 7) is 2.24. The molecule has 1 aliphatic heterocycles. The van der Waals surface area contributed by atoms with Crippen LogP contribution in [0.4, 0.5) is 0 Å². The average molecular weight is 387 g/mol. The van der Waals surface area contributed by atoms with Gasteiger partial charge in [0.1, 0.15) is 5.58 Å². The van der Waals surface area contributed by atoms with E-state index in [0.717, 1.165) is 0 Å². The van der Waals surface area contributed by atoms with Crippen molar-refractivity contribution in [2.24, 2.45) is 5.92 Å². The molecule has 3 atom stereocenters. The Balaban J connectivity index is 2.12. The number of nitrogens with one attached hydrogen (secondary N) is 1. The normalized spacial score (nSPS) is 21.8. The number of fused-ring (bicyclic) bond motifs is 1. The van der Waals surface area contributed by atoms with Crippen LogP contribution in [0, 0.1) is 5.92 Å². The molecule has 0 spiro atoms. The van der Waals surface area contributed by atoms with Gasteiger partial charge in [-0.05, 0) is 38.0 Å². The molecule has 28 heavy (non-hydrogen) atoms. The van der Waals surface area contributed by atoms with Gasteiger partial charge in [-0.3, -0.25) is 9.59 Å². The summed E-state index contributed by atoms with van der Waals surface area (Å²) in [4.78, 5) is 25.3. The van der Waals surface area contributed by atoms with Crippen molar-refractivity contribution in [1.82, 2.24) is 5.32 Å². The van der Waals surface area contributed by atoms with Crippen molar-refractivity contribution in [3.05, 3.63) is 58.2 Å². The molecule has 1 amide bonds. The lowest BCUT2D eigenvalue weighted by Crippen LogP contribution is -2.39. The molecular formula is C21H25NO6. The lowest BCUT2D eigenvalue weighted by atomic mass is 9.81. The number of hydrogen-bond donors (Lipinski definition) is 2. The molecule has 7 nitrogen and oxygen atoms in total. The fourth-order valence-electron chi connectivity index (χ4n) is 3.57. The van der Waals surface area contributed by atoms with Crippen LogP contribution < -0.4 is 10.7 Å². The molecule has 0 unspecified atom stereocenters. The first-order valence-corrected chi connectivity index (χ1v) is 9.44. The predicted octanol–water partition coefficient (Wildman–Crippen LogP) is 2.29. The number of benzene rings is 1. The summed E-state index contributed by atoms with van der Waals surface area (Å²) in [5.41, 5.74) is 0.800. The fourth-order valence-corrected chi connectivity index (χ4v) is 3.57. The van der Waals surface area contributed by atoms with Gasteiger partial charge >= 0.3 is 0 Å². The van der Waals surface area contributed by atoms with Crippen LogP contribution in [0.2, 0.25) is 0 Å². The van der Waals surface area contributed by atoms with E-state index in [4.69, 9.17) is 13.9 Å². The van der Waals surface area contributed by atoms with Gasteiger partial charge in [-0.25, -0.2) is 0 Å². The lowest BCUT2D eigenvalue weighted by Gasteiger charge is -2.36. The molecule has 2 heterocycles. The zero-order valence-electron chi connectivity index (χ0n) is 16.0. The van der Waals surface area contributed by atoms with Gasteiger partial charge in [-0.2, -0.15) is 0 Å². The Labute approximate surface area is 162 Å². The van der Waals surface area contributed by atoms with Crippen LogP contribution in [0.5, 0.6) is 0 Å². The second-order valence-corrected chi connectivity index (χ2v) is 6.62. The topological polar surface area (TPSA) is 98.0 Å². The van der Waals surface area contributed by atoms with Gasteiger partial charge in [0.25, 0.3) is 5.91 Å². The summed E-state index contributed by atoms with van der Waals surface area (Å²) in [6.07, 6.45) is 3.49. The number of para-hydroxylation sites is 1. The first-order valence-electron chi connectivity index (χ1n) is 9.44. The molecule has 7 heteroatoms. The number of aliphatic hydroxyl groups is 1. The van der Waals surface area contributed by atoms with Gasteiger partial charge in [0.15, 0.2) is 11.2 Å². The van der Waals surface area contributed by atoms with Crippen molar-refractivity contribution in [3.63, 3.8) is 0 Å². The summed E-state index contributed by atoms with van der Waals surface area (Å²) in [6, 6.07) is 7.04. The van der Waals surface area contributed by atoms with Crippen LogP contribution in [0.15, 0.2) is 51.6 Å². The Morgan fingerprint density at radius 3 is 2.82 bits per heavy atom. The van der Waals surface area contributed by atoms with Gasteiger partial charge in [0.2, 0.25) is 6.29 Å². The molecule has 1 aromatic carbocycles. The first-order chi connectivity index (χ1) is 13.6. The molecule has 0 saturated heterocycles. The van der Waals surface area contributed by atoms with Gasteiger partial charge in [0.05, 0.1) is 11.6 Å². The summed E-state index contributed by atoms with van der Waals surface area (Å²) < 4.78 is 17.2. The van der Waals surface area contributed by atoms with Crippen LogP contribution in [0.3, 0.4) is 0 Å². The largest absolute Gasteiger partial charge is 0.464 e. The van der Waals surface area contributed by atoms with Crippen molar-refractivity contribution >= 4 is 16.9 Å². The van der Waals surface area contributed by atoms with E-state index in [-0.39, 0.29) is 29.6 Å². The summed E-state index contributed by atoms with van der Waals surface area (Å²) in [5, 5.41) is 12.3. The number of likely N-dealkylation sites (N-methyl/N-ethyl adjacent to an activating group) is 1. The third kappa shape index (κ3) is 3.95. The van der Waals surface area contributed by atoms with E-state index in [1.807, 2.05) is 6.92 Å². The Morgan fingerprint density at radius 1 is 1.32 bits per heavy atom. The minimum atomic E-state index is -0.704. The lowest BCUT2D eigenvalue weighted by molar-refractivity contribution is -0.166. The molecule has 0 aliphatic carbocycles. The molecule has 2 N–H and O–H groups in total. The van der Waals surface area contributed by atoms with E-state index >= 15 is 0 Å². The van der Waals surface area contributed by atoms with Crippen molar-refractivity contribution in [3.8, 4) is 0 Å². The van der Waals surface area contributed by atoms with E-state index in [0.29, 0.717) is 36.0 Å². The van der Waals surface area contributed by atoms with Crippen molar-refractivity contribution in [2.75, 3.05) is 20.3 Å². The SMILES string of the molecule is CCO[C@H]1OC(C(=O)NC)=C[C@@H](c2coc3ccccc3c2=O)[C@@H]1CCCO. The van der Waals surface area contributed by atoms with Gasteiger partial charge in [-0.15, -0.1) is 0 Å². The van der Waals surface area contributed by atoms with E-state index in [1.54, 1.807) is 30.3 Å². The van der Waals surface area contributed by atoms with E-state index in [1.165, 1.54) is 13.3 Å². The third-order valence-corrected chi connectivity index (χ3v) is 4.93. The molecule has 3 rings (SSSR count). The maximum absolute atomic E-state index is 13.1. The standard InChI is InChI=1S/C21H25NO6/c1-3-26-21-13(8-6-10-23)15(11-18(28-21)20(25)22-2)16-12-27-17-9-5-4-7-14(17)19(16)24/h4-5,7,9,11-13,15,21,23H,3,6,8,10H2,1-2H3,(H,22,25)/t13-,15+,21-/m0/s1. The monoisotopic (exact) mass is 387 g/mol. The van der Waals surface area contributed by atoms with Gasteiger partial charge in [-0.1, -0.05) is 12.1 Å². The molecule has 0 bridgehead atoms. The van der Waals surface area contributed by atoms with Crippen molar-refractivity contribution in [2.45, 2.75) is 32.0 Å². The Bertz CT molecular complexity index is 918. The molecule has 0 saturated carbocycles. The quantitative estimate of drug-likeness (QED) is 0.756. The highest BCUT2D eigenvalue weighted by Crippen LogP contribution is 2.38. The Morgan fingerprint density at radius 2 is 2.11 bits per heavy atom. The van der Waals surface area contributed by atoms with Gasteiger partial charge < -0.3 is 24.3 Å².